The van der Waals surface area contributed by atoms with Crippen molar-refractivity contribution in [3.05, 3.63) is 24.3 Å². The highest BCUT2D eigenvalue weighted by Gasteiger charge is 2.14. The molecule has 1 N–H and O–H groups in total. The first-order chi connectivity index (χ1) is 6.70. The van der Waals surface area contributed by atoms with E-state index in [1.54, 1.807) is 12.1 Å². The molecule has 0 spiro atoms. The van der Waals surface area contributed by atoms with E-state index in [1.807, 2.05) is 20.8 Å². The summed E-state index contributed by atoms with van der Waals surface area (Å²) in [6.07, 6.45) is 0. The van der Waals surface area contributed by atoms with Gasteiger partial charge in [0, 0.05) is 5.54 Å². The van der Waals surface area contributed by atoms with Crippen molar-refractivity contribution in [2.75, 3.05) is 5.32 Å². The van der Waals surface area contributed by atoms with Crippen molar-refractivity contribution in [1.29, 1.82) is 0 Å². The first kappa shape index (κ1) is 12.0. The minimum Gasteiger partial charge on any atom is -0.744 e. The molecule has 0 saturated heterocycles. The van der Waals surface area contributed by atoms with Gasteiger partial charge in [0.05, 0.1) is 10.6 Å². The normalized spacial score (nSPS) is 12.5. The molecule has 0 aliphatic rings. The minimum absolute atomic E-state index is 0.208. The molecule has 0 amide bonds. The lowest BCUT2D eigenvalue weighted by Crippen LogP contribution is -2.27. The monoisotopic (exact) mass is 228 g/mol. The Morgan fingerprint density at radius 2 is 1.73 bits per heavy atom. The third-order valence-electron chi connectivity index (χ3n) is 1.67. The van der Waals surface area contributed by atoms with Crippen molar-refractivity contribution in [3.63, 3.8) is 0 Å². The van der Waals surface area contributed by atoms with E-state index in [0.29, 0.717) is 5.69 Å². The van der Waals surface area contributed by atoms with E-state index in [0.717, 1.165) is 0 Å². The topological polar surface area (TPSA) is 69.2 Å². The van der Waals surface area contributed by atoms with Crippen molar-refractivity contribution in [1.82, 2.24) is 0 Å². The number of hydrogen-bond acceptors (Lipinski definition) is 4. The van der Waals surface area contributed by atoms with Crippen molar-refractivity contribution in [2.24, 2.45) is 0 Å². The van der Waals surface area contributed by atoms with Crippen LogP contribution >= 0.6 is 0 Å². The fraction of sp³-hybridized carbons (Fsp3) is 0.400. The van der Waals surface area contributed by atoms with Crippen LogP contribution in [0.4, 0.5) is 5.69 Å². The fourth-order valence-corrected chi connectivity index (χ4v) is 1.83. The van der Waals surface area contributed by atoms with Gasteiger partial charge in [0.1, 0.15) is 10.1 Å². The number of hydrogen-bond donors (Lipinski definition) is 1. The second kappa shape index (κ2) is 3.83. The molecule has 84 valence electrons. The predicted molar refractivity (Wildman–Crippen MR) is 57.8 cm³/mol. The van der Waals surface area contributed by atoms with E-state index in [9.17, 15) is 13.0 Å². The molecule has 5 heteroatoms. The molecular weight excluding hydrogens is 214 g/mol. The van der Waals surface area contributed by atoms with Gasteiger partial charge in [0.2, 0.25) is 0 Å². The number of benzene rings is 1. The molecule has 0 aliphatic heterocycles. The summed E-state index contributed by atoms with van der Waals surface area (Å²) < 4.78 is 32.8. The lowest BCUT2D eigenvalue weighted by Gasteiger charge is -2.24. The Hall–Kier alpha value is -1.07. The van der Waals surface area contributed by atoms with Crippen molar-refractivity contribution >= 4 is 15.8 Å². The summed E-state index contributed by atoms with van der Waals surface area (Å²) in [5, 5.41) is 2.98. The third kappa shape index (κ3) is 3.53. The molecule has 1 rings (SSSR count). The highest BCUT2D eigenvalue weighted by Crippen LogP contribution is 2.23. The van der Waals surface area contributed by atoms with E-state index in [-0.39, 0.29) is 10.4 Å². The Morgan fingerprint density at radius 1 is 1.20 bits per heavy atom. The third-order valence-corrected chi connectivity index (χ3v) is 2.56. The summed E-state index contributed by atoms with van der Waals surface area (Å²) in [5.41, 5.74) is 0.0563. The van der Waals surface area contributed by atoms with Gasteiger partial charge in [-0.2, -0.15) is 0 Å². The lowest BCUT2D eigenvalue weighted by molar-refractivity contribution is 0.463. The van der Waals surface area contributed by atoms with E-state index in [2.05, 4.69) is 5.32 Å². The molecule has 0 radical (unpaired) electrons. The van der Waals surface area contributed by atoms with E-state index in [1.165, 1.54) is 12.1 Å². The summed E-state index contributed by atoms with van der Waals surface area (Å²) in [4.78, 5) is -0.208. The second-order valence-electron chi connectivity index (χ2n) is 4.33. The zero-order valence-corrected chi connectivity index (χ0v) is 9.76. The van der Waals surface area contributed by atoms with Gasteiger partial charge in [-0.15, -0.1) is 0 Å². The van der Waals surface area contributed by atoms with Crippen LogP contribution in [-0.2, 0) is 10.1 Å². The first-order valence-corrected chi connectivity index (χ1v) is 5.94. The molecule has 1 aromatic rings. The second-order valence-corrected chi connectivity index (χ2v) is 5.67. The molecule has 15 heavy (non-hydrogen) atoms. The number of rotatable bonds is 2. The van der Waals surface area contributed by atoms with Crippen LogP contribution in [0.15, 0.2) is 29.2 Å². The molecule has 0 aliphatic carbocycles. The Kier molecular flexibility index (Phi) is 3.06. The van der Waals surface area contributed by atoms with Crippen LogP contribution < -0.4 is 5.32 Å². The zero-order chi connectivity index (χ0) is 11.7. The first-order valence-electron chi connectivity index (χ1n) is 4.53. The summed E-state index contributed by atoms with van der Waals surface area (Å²) in [5.74, 6) is 0. The summed E-state index contributed by atoms with van der Waals surface area (Å²) in [6, 6.07) is 6.09. The van der Waals surface area contributed by atoms with Gasteiger partial charge in [-0.05, 0) is 32.9 Å². The van der Waals surface area contributed by atoms with Crippen LogP contribution in [0, 0.1) is 0 Å². The molecule has 0 bridgehead atoms. The summed E-state index contributed by atoms with van der Waals surface area (Å²) in [6.45, 7) is 5.67. The molecule has 1 aromatic carbocycles. The van der Waals surface area contributed by atoms with Crippen molar-refractivity contribution in [2.45, 2.75) is 31.2 Å². The van der Waals surface area contributed by atoms with Crippen LogP contribution in [0.3, 0.4) is 0 Å². The molecule has 0 atom stereocenters. The maximum absolute atomic E-state index is 10.9. The predicted octanol–water partition coefficient (Wildman–Crippen LogP) is 1.80. The Labute approximate surface area is 90.1 Å². The molecule has 0 heterocycles. The fourth-order valence-electron chi connectivity index (χ4n) is 1.19. The largest absolute Gasteiger partial charge is 0.744 e. The van der Waals surface area contributed by atoms with Gasteiger partial charge in [-0.25, -0.2) is 8.42 Å². The zero-order valence-electron chi connectivity index (χ0n) is 8.94. The van der Waals surface area contributed by atoms with Crippen LogP contribution in [0.25, 0.3) is 0 Å². The Morgan fingerprint density at radius 3 is 2.20 bits per heavy atom. The van der Waals surface area contributed by atoms with Crippen LogP contribution in [0.2, 0.25) is 0 Å². The average Bonchev–Trinajstić information content (AvgIpc) is 1.99. The van der Waals surface area contributed by atoms with Crippen molar-refractivity contribution < 1.29 is 13.0 Å². The highest BCUT2D eigenvalue weighted by atomic mass is 32.2. The highest BCUT2D eigenvalue weighted by molar-refractivity contribution is 7.86. The van der Waals surface area contributed by atoms with Gasteiger partial charge in [0.25, 0.3) is 0 Å². The molecule has 0 aromatic heterocycles. The number of anilines is 1. The molecule has 0 saturated carbocycles. The average molecular weight is 228 g/mol. The standard InChI is InChI=1S/C10H15NO3S/c1-10(2,3)11-8-6-4-5-7-9(8)15(12,13)14/h4-7,11H,1-3H3,(H,12,13,14)/p-1. The molecular formula is C10H14NO3S-. The quantitative estimate of drug-likeness (QED) is 0.784. The van der Waals surface area contributed by atoms with Crippen LogP contribution in [0.5, 0.6) is 0 Å². The Bertz CT molecular complexity index is 446. The van der Waals surface area contributed by atoms with E-state index >= 15 is 0 Å². The van der Waals surface area contributed by atoms with Crippen molar-refractivity contribution in [3.8, 4) is 0 Å². The maximum Gasteiger partial charge on any atom is 0.126 e. The smallest absolute Gasteiger partial charge is 0.126 e. The summed E-state index contributed by atoms with van der Waals surface area (Å²) in [7, 11) is -4.42. The number of nitrogens with one attached hydrogen (secondary N) is 1. The van der Waals surface area contributed by atoms with Gasteiger partial charge < -0.3 is 9.87 Å². The molecule has 0 unspecified atom stereocenters. The minimum atomic E-state index is -4.42. The van der Waals surface area contributed by atoms with Gasteiger partial charge in [-0.1, -0.05) is 12.1 Å². The summed E-state index contributed by atoms with van der Waals surface area (Å²) >= 11 is 0. The van der Waals surface area contributed by atoms with Gasteiger partial charge in [0.15, 0.2) is 0 Å². The van der Waals surface area contributed by atoms with Crippen LogP contribution in [0.1, 0.15) is 20.8 Å². The van der Waals surface area contributed by atoms with E-state index in [4.69, 9.17) is 0 Å². The lowest BCUT2D eigenvalue weighted by atomic mass is 10.1. The Balaban J connectivity index is 3.20. The van der Waals surface area contributed by atoms with E-state index < -0.39 is 10.1 Å². The number of para-hydroxylation sites is 1. The van der Waals surface area contributed by atoms with Gasteiger partial charge in [-0.3, -0.25) is 0 Å². The molecule has 0 fully saturated rings. The van der Waals surface area contributed by atoms with Crippen LogP contribution in [-0.4, -0.2) is 18.5 Å². The SMILES string of the molecule is CC(C)(C)Nc1ccccc1S(=O)(=O)[O-]. The van der Waals surface area contributed by atoms with Gasteiger partial charge >= 0.3 is 0 Å². The maximum atomic E-state index is 10.9. The molecule has 4 nitrogen and oxygen atoms in total.